The summed E-state index contributed by atoms with van der Waals surface area (Å²) in [4.78, 5) is 29.5. The Labute approximate surface area is 198 Å². The zero-order chi connectivity index (χ0) is 25.0. The van der Waals surface area contributed by atoms with Gasteiger partial charge in [0.15, 0.2) is 0 Å². The van der Waals surface area contributed by atoms with E-state index in [2.05, 4.69) is 10.3 Å². The average molecular weight is 483 g/mol. The molecule has 180 valence electrons. The molecule has 0 aliphatic heterocycles. The number of nitrogens with one attached hydrogen (secondary N) is 1. The lowest BCUT2D eigenvalue weighted by Gasteiger charge is -2.19. The van der Waals surface area contributed by atoms with Gasteiger partial charge in [-0.25, -0.2) is 4.98 Å². The second-order valence-electron chi connectivity index (χ2n) is 7.51. The van der Waals surface area contributed by atoms with E-state index in [0.29, 0.717) is 17.0 Å². The van der Waals surface area contributed by atoms with E-state index in [0.717, 1.165) is 4.57 Å². The number of aromatic nitrogens is 2. The number of carbonyl (C=O) groups is 2. The third-order valence-corrected chi connectivity index (χ3v) is 5.14. The number of nitrogens with zero attached hydrogens (tertiary/aromatic N) is 2. The number of amides is 1. The maximum atomic E-state index is 13.6. The van der Waals surface area contributed by atoms with Crippen molar-refractivity contribution < 1.29 is 32.2 Å². The van der Waals surface area contributed by atoms with E-state index in [4.69, 9.17) is 9.47 Å². The summed E-state index contributed by atoms with van der Waals surface area (Å²) < 4.78 is 52.0. The summed E-state index contributed by atoms with van der Waals surface area (Å²) in [6.45, 7) is -0.783. The highest BCUT2D eigenvalue weighted by molar-refractivity contribution is 5.96. The van der Waals surface area contributed by atoms with E-state index < -0.39 is 36.5 Å². The van der Waals surface area contributed by atoms with Gasteiger partial charge in [-0.2, -0.15) is 13.2 Å². The summed E-state index contributed by atoms with van der Waals surface area (Å²) in [6.07, 6.45) is -6.18. The zero-order valence-electron chi connectivity index (χ0n) is 18.5. The van der Waals surface area contributed by atoms with Crippen molar-refractivity contribution in [2.45, 2.75) is 18.8 Å². The van der Waals surface area contributed by atoms with Crippen LogP contribution in [-0.4, -0.2) is 28.5 Å². The Morgan fingerprint density at radius 3 is 2.29 bits per heavy atom. The van der Waals surface area contributed by atoms with Crippen LogP contribution in [0.5, 0.6) is 5.75 Å². The standard InChI is InChI=1S/C25H20F3N3O4/c1-34-18-13-11-17(12-14-18)29-23(33)22(16-7-3-2-4-8-16)35-21(32)15-31-20-10-6-5-9-19(20)30-24(31)25(26,27)28/h2-14,22H,15H2,1H3,(H,29,33). The summed E-state index contributed by atoms with van der Waals surface area (Å²) >= 11 is 0. The number of anilines is 1. The van der Waals surface area contributed by atoms with Crippen LogP contribution >= 0.6 is 0 Å². The maximum Gasteiger partial charge on any atom is 0.449 e. The summed E-state index contributed by atoms with van der Waals surface area (Å²) in [5.74, 6) is -2.34. The molecule has 1 heterocycles. The van der Waals surface area contributed by atoms with Crippen molar-refractivity contribution in [3.8, 4) is 5.75 Å². The first kappa shape index (κ1) is 23.8. The molecule has 4 rings (SSSR count). The number of esters is 1. The number of imidazole rings is 1. The van der Waals surface area contributed by atoms with E-state index in [-0.39, 0.29) is 11.0 Å². The Morgan fingerprint density at radius 2 is 1.63 bits per heavy atom. The molecule has 1 unspecified atom stereocenters. The molecule has 1 amide bonds. The van der Waals surface area contributed by atoms with Gasteiger partial charge in [-0.3, -0.25) is 9.59 Å². The van der Waals surface area contributed by atoms with Gasteiger partial charge in [0.05, 0.1) is 18.1 Å². The first-order valence-corrected chi connectivity index (χ1v) is 10.5. The molecule has 1 aromatic heterocycles. The largest absolute Gasteiger partial charge is 0.497 e. The van der Waals surface area contributed by atoms with Crippen molar-refractivity contribution in [3.05, 3.63) is 90.3 Å². The monoisotopic (exact) mass is 483 g/mol. The quantitative estimate of drug-likeness (QED) is 0.375. The predicted molar refractivity (Wildman–Crippen MR) is 122 cm³/mol. The second-order valence-corrected chi connectivity index (χ2v) is 7.51. The number of para-hydroxylation sites is 2. The van der Waals surface area contributed by atoms with E-state index in [1.807, 2.05) is 0 Å². The number of halogens is 3. The van der Waals surface area contributed by atoms with Gasteiger partial charge in [0.1, 0.15) is 12.3 Å². The lowest BCUT2D eigenvalue weighted by atomic mass is 10.1. The molecule has 35 heavy (non-hydrogen) atoms. The van der Waals surface area contributed by atoms with Crippen molar-refractivity contribution >= 4 is 28.6 Å². The highest BCUT2D eigenvalue weighted by atomic mass is 19.4. The van der Waals surface area contributed by atoms with Crippen LogP contribution in [0.25, 0.3) is 11.0 Å². The molecule has 0 radical (unpaired) electrons. The van der Waals surface area contributed by atoms with Crippen molar-refractivity contribution in [1.82, 2.24) is 9.55 Å². The number of carbonyl (C=O) groups excluding carboxylic acids is 2. The highest BCUT2D eigenvalue weighted by Gasteiger charge is 2.38. The molecule has 7 nitrogen and oxygen atoms in total. The van der Waals surface area contributed by atoms with Crippen LogP contribution in [0, 0.1) is 0 Å². The third-order valence-electron chi connectivity index (χ3n) is 5.14. The Morgan fingerprint density at radius 1 is 0.971 bits per heavy atom. The number of benzene rings is 3. The number of alkyl halides is 3. The first-order valence-electron chi connectivity index (χ1n) is 10.5. The van der Waals surface area contributed by atoms with Crippen molar-refractivity contribution in [1.29, 1.82) is 0 Å². The summed E-state index contributed by atoms with van der Waals surface area (Å²) in [7, 11) is 1.51. The van der Waals surface area contributed by atoms with Gasteiger partial charge in [0.25, 0.3) is 5.91 Å². The van der Waals surface area contributed by atoms with Gasteiger partial charge < -0.3 is 19.4 Å². The molecule has 0 aliphatic carbocycles. The molecule has 10 heteroatoms. The van der Waals surface area contributed by atoms with E-state index in [9.17, 15) is 22.8 Å². The molecule has 4 aromatic rings. The summed E-state index contributed by atoms with van der Waals surface area (Å²) in [6, 6.07) is 20.6. The minimum atomic E-state index is -4.79. The molecular weight excluding hydrogens is 463 g/mol. The van der Waals surface area contributed by atoms with Gasteiger partial charge in [-0.15, -0.1) is 0 Å². The van der Waals surface area contributed by atoms with Crippen LogP contribution < -0.4 is 10.1 Å². The zero-order valence-corrected chi connectivity index (χ0v) is 18.5. The molecule has 1 atom stereocenters. The summed E-state index contributed by atoms with van der Waals surface area (Å²) in [5.41, 5.74) is 0.992. The van der Waals surface area contributed by atoms with Crippen LogP contribution in [-0.2, 0) is 27.0 Å². The SMILES string of the molecule is COc1ccc(NC(=O)C(OC(=O)Cn2c(C(F)(F)F)nc3ccccc32)c2ccccc2)cc1. The number of methoxy groups -OCH3 is 1. The smallest absolute Gasteiger partial charge is 0.449 e. The normalized spacial score (nSPS) is 12.2. The van der Waals surface area contributed by atoms with E-state index in [1.165, 1.54) is 19.2 Å². The van der Waals surface area contributed by atoms with Gasteiger partial charge in [-0.1, -0.05) is 42.5 Å². The molecule has 0 aliphatic rings. The molecule has 0 bridgehead atoms. The van der Waals surface area contributed by atoms with Crippen LogP contribution in [0.1, 0.15) is 17.5 Å². The Kier molecular flexibility index (Phi) is 6.72. The first-order chi connectivity index (χ1) is 16.8. The maximum absolute atomic E-state index is 13.6. The number of ether oxygens (including phenoxy) is 2. The topological polar surface area (TPSA) is 82.5 Å². The van der Waals surface area contributed by atoms with E-state index >= 15 is 0 Å². The van der Waals surface area contributed by atoms with Gasteiger partial charge in [0, 0.05) is 11.3 Å². The molecule has 0 saturated carbocycles. The van der Waals surface area contributed by atoms with Gasteiger partial charge in [-0.05, 0) is 36.4 Å². The highest BCUT2D eigenvalue weighted by Crippen LogP contribution is 2.32. The van der Waals surface area contributed by atoms with Crippen molar-refractivity contribution in [2.75, 3.05) is 12.4 Å². The molecular formula is C25H20F3N3O4. The van der Waals surface area contributed by atoms with Gasteiger partial charge in [0.2, 0.25) is 11.9 Å². The molecule has 1 N–H and O–H groups in total. The molecule has 3 aromatic carbocycles. The van der Waals surface area contributed by atoms with Crippen LogP contribution in [0.4, 0.5) is 18.9 Å². The van der Waals surface area contributed by atoms with Crippen LogP contribution in [0.15, 0.2) is 78.9 Å². The van der Waals surface area contributed by atoms with E-state index in [1.54, 1.807) is 66.7 Å². The fraction of sp³-hybridized carbons (Fsp3) is 0.160. The third kappa shape index (κ3) is 5.43. The number of hydrogen-bond acceptors (Lipinski definition) is 5. The Hall–Kier alpha value is -4.34. The minimum Gasteiger partial charge on any atom is -0.497 e. The molecule has 0 saturated heterocycles. The van der Waals surface area contributed by atoms with Crippen molar-refractivity contribution in [2.24, 2.45) is 0 Å². The Balaban J connectivity index is 1.59. The van der Waals surface area contributed by atoms with Crippen molar-refractivity contribution in [3.63, 3.8) is 0 Å². The average Bonchev–Trinajstić information content (AvgIpc) is 3.22. The fourth-order valence-corrected chi connectivity index (χ4v) is 3.53. The van der Waals surface area contributed by atoms with Crippen LogP contribution in [0.3, 0.4) is 0 Å². The van der Waals surface area contributed by atoms with Gasteiger partial charge >= 0.3 is 12.1 Å². The lowest BCUT2D eigenvalue weighted by molar-refractivity contribution is -0.157. The number of hydrogen-bond donors (Lipinski definition) is 1. The minimum absolute atomic E-state index is 0.0875. The van der Waals surface area contributed by atoms with Crippen LogP contribution in [0.2, 0.25) is 0 Å². The molecule has 0 fully saturated rings. The predicted octanol–water partition coefficient (Wildman–Crippen LogP) is 4.99. The fourth-order valence-electron chi connectivity index (χ4n) is 3.53. The number of fused-ring (bicyclic) bond motifs is 1. The number of rotatable bonds is 7. The second kappa shape index (κ2) is 9.88. The Bertz CT molecular complexity index is 1340. The molecule has 0 spiro atoms. The lowest BCUT2D eigenvalue weighted by Crippen LogP contribution is -2.28. The summed E-state index contributed by atoms with van der Waals surface area (Å²) in [5, 5.41) is 2.65.